The summed E-state index contributed by atoms with van der Waals surface area (Å²) in [4.78, 5) is 18.8. The minimum Gasteiger partial charge on any atom is -0.389 e. The summed E-state index contributed by atoms with van der Waals surface area (Å²) >= 11 is 0. The number of pyridine rings is 1. The molecule has 8 nitrogen and oxygen atoms in total. The quantitative estimate of drug-likeness (QED) is 0.197. The van der Waals surface area contributed by atoms with Crippen LogP contribution in [0.3, 0.4) is 0 Å². The van der Waals surface area contributed by atoms with Crippen molar-refractivity contribution in [3.63, 3.8) is 0 Å². The van der Waals surface area contributed by atoms with E-state index < -0.39 is 35.6 Å². The number of halogens is 5. The summed E-state index contributed by atoms with van der Waals surface area (Å²) in [6.45, 7) is -3.05. The third kappa shape index (κ3) is 5.97. The molecule has 0 unspecified atom stereocenters. The minimum atomic E-state index is -4.55. The number of hydrogen-bond donors (Lipinski definition) is 3. The Kier molecular flexibility index (Phi) is 7.15. The molecule has 1 aliphatic carbocycles. The van der Waals surface area contributed by atoms with E-state index in [0.717, 1.165) is 6.20 Å². The number of allylic oxidation sites excluding steroid dienone is 1. The second-order valence-electron chi connectivity index (χ2n) is 7.42. The molecule has 2 aromatic rings. The van der Waals surface area contributed by atoms with Crippen LogP contribution in [-0.4, -0.2) is 40.1 Å². The lowest BCUT2D eigenvalue weighted by Gasteiger charge is -2.30. The molecule has 1 amide bonds. The summed E-state index contributed by atoms with van der Waals surface area (Å²) in [5.74, 6) is -0.323. The lowest BCUT2D eigenvalue weighted by atomic mass is 9.91. The lowest BCUT2D eigenvalue weighted by molar-refractivity contribution is -0.140. The monoisotopic (exact) mass is 469 g/mol. The van der Waals surface area contributed by atoms with Gasteiger partial charge in [-0.15, -0.1) is 0 Å². The first-order chi connectivity index (χ1) is 15.6. The van der Waals surface area contributed by atoms with Gasteiger partial charge in [0.25, 0.3) is 5.91 Å². The van der Waals surface area contributed by atoms with Crippen molar-refractivity contribution in [2.24, 2.45) is 10.7 Å². The number of imidazole rings is 1. The maximum absolute atomic E-state index is 13.0. The van der Waals surface area contributed by atoms with Crippen LogP contribution >= 0.6 is 0 Å². The topological polar surface area (TPSA) is 121 Å². The van der Waals surface area contributed by atoms with Crippen molar-refractivity contribution < 1.29 is 26.7 Å². The summed E-state index contributed by atoms with van der Waals surface area (Å²) in [6, 6.07) is 5.90. The molecule has 0 spiro atoms. The molecule has 0 aliphatic heterocycles. The van der Waals surface area contributed by atoms with Gasteiger partial charge < -0.3 is 16.4 Å². The van der Waals surface area contributed by atoms with Crippen LogP contribution in [0, 0.1) is 11.3 Å². The molecular formula is C20H20F5N7O. The van der Waals surface area contributed by atoms with Gasteiger partial charge in [0.15, 0.2) is 5.69 Å². The molecule has 1 aliphatic rings. The van der Waals surface area contributed by atoms with Gasteiger partial charge in [0.2, 0.25) is 0 Å². The molecule has 4 N–H and O–H groups in total. The second kappa shape index (κ2) is 9.85. The number of nitrogens with two attached hydrogens (primary N) is 1. The Morgan fingerprint density at radius 1 is 1.27 bits per heavy atom. The molecule has 1 fully saturated rings. The Labute approximate surface area is 185 Å². The number of amides is 1. The van der Waals surface area contributed by atoms with Crippen molar-refractivity contribution in [1.29, 1.82) is 5.26 Å². The third-order valence-corrected chi connectivity index (χ3v) is 5.17. The molecule has 2 heterocycles. The zero-order valence-electron chi connectivity index (χ0n) is 17.1. The number of alkyl halides is 5. The zero-order valence-corrected chi connectivity index (χ0v) is 17.1. The average molecular weight is 469 g/mol. The number of nitrogens with one attached hydrogen (secondary N) is 2. The van der Waals surface area contributed by atoms with E-state index >= 15 is 0 Å². The first-order valence-electron chi connectivity index (χ1n) is 9.92. The Bertz CT molecular complexity index is 1110. The molecule has 0 atom stereocenters. The van der Waals surface area contributed by atoms with E-state index in [1.807, 2.05) is 0 Å². The van der Waals surface area contributed by atoms with Crippen molar-refractivity contribution in [2.75, 3.05) is 5.32 Å². The number of nitriles is 1. The molecular weight excluding hydrogens is 449 g/mol. The van der Waals surface area contributed by atoms with E-state index in [-0.39, 0.29) is 17.7 Å². The van der Waals surface area contributed by atoms with Gasteiger partial charge in [0.1, 0.15) is 23.2 Å². The van der Waals surface area contributed by atoms with Crippen molar-refractivity contribution >= 4 is 23.6 Å². The minimum absolute atomic E-state index is 0.0694. The van der Waals surface area contributed by atoms with Crippen molar-refractivity contribution in [1.82, 2.24) is 14.7 Å². The molecule has 176 valence electrons. The Hall–Kier alpha value is -3.69. The fraction of sp³-hybridized carbons (Fsp3) is 0.400. The molecule has 1 saturated carbocycles. The highest BCUT2D eigenvalue weighted by Gasteiger charge is 2.34. The summed E-state index contributed by atoms with van der Waals surface area (Å²) < 4.78 is 64.9. The van der Waals surface area contributed by atoms with Crippen LogP contribution in [-0.2, 0) is 11.0 Å². The fourth-order valence-electron chi connectivity index (χ4n) is 3.56. The molecule has 33 heavy (non-hydrogen) atoms. The maximum atomic E-state index is 13.0. The number of anilines is 1. The largest absolute Gasteiger partial charge is 0.434 e. The molecule has 13 heteroatoms. The summed E-state index contributed by atoms with van der Waals surface area (Å²) in [5, 5.41) is 14.8. The smallest absolute Gasteiger partial charge is 0.389 e. The van der Waals surface area contributed by atoms with E-state index in [1.54, 1.807) is 12.1 Å². The summed E-state index contributed by atoms with van der Waals surface area (Å²) in [6.07, 6.45) is -0.849. The highest BCUT2D eigenvalue weighted by molar-refractivity contribution is 6.13. The molecule has 0 aromatic carbocycles. The summed E-state index contributed by atoms with van der Waals surface area (Å²) in [7, 11) is 0. The standard InChI is InChI=1S/C20H20F5N7O/c21-19(22)28-9-13(14(27)8-26)18(33)30-12-6-4-11(5-7-12)29-16-2-1-3-17-31-15(10-32(16)17)20(23,24)25/h1-3,9-12,19,29H,4-7,27H2,(H,30,33)/b14-13+,28-9+. The highest BCUT2D eigenvalue weighted by atomic mass is 19.4. The number of rotatable bonds is 6. The number of carbonyl (C=O) groups excluding carboxylic acids is 1. The van der Waals surface area contributed by atoms with Crippen LogP contribution < -0.4 is 16.4 Å². The Balaban J connectivity index is 1.62. The van der Waals surface area contributed by atoms with Gasteiger partial charge in [-0.2, -0.15) is 27.2 Å². The van der Waals surface area contributed by atoms with Crippen LogP contribution in [0.2, 0.25) is 0 Å². The number of nitrogens with zero attached hydrogens (tertiary/aromatic N) is 4. The van der Waals surface area contributed by atoms with Gasteiger partial charge in [0.05, 0.1) is 5.57 Å². The van der Waals surface area contributed by atoms with Crippen molar-refractivity contribution in [3.8, 4) is 6.07 Å². The van der Waals surface area contributed by atoms with E-state index in [9.17, 15) is 26.7 Å². The highest BCUT2D eigenvalue weighted by Crippen LogP contribution is 2.30. The zero-order chi connectivity index (χ0) is 24.2. The molecule has 0 bridgehead atoms. The van der Waals surface area contributed by atoms with Gasteiger partial charge in [-0.1, -0.05) is 6.07 Å². The van der Waals surface area contributed by atoms with Crippen LogP contribution in [0.5, 0.6) is 0 Å². The number of aromatic nitrogens is 2. The van der Waals surface area contributed by atoms with Crippen LogP contribution in [0.25, 0.3) is 5.65 Å². The van der Waals surface area contributed by atoms with Gasteiger partial charge in [-0.3, -0.25) is 9.20 Å². The van der Waals surface area contributed by atoms with Crippen molar-refractivity contribution in [2.45, 2.75) is 50.5 Å². The Morgan fingerprint density at radius 3 is 2.55 bits per heavy atom. The average Bonchev–Trinajstić information content (AvgIpc) is 3.21. The van der Waals surface area contributed by atoms with Crippen molar-refractivity contribution in [3.05, 3.63) is 41.4 Å². The predicted molar refractivity (Wildman–Crippen MR) is 109 cm³/mol. The van der Waals surface area contributed by atoms with Gasteiger partial charge >= 0.3 is 12.7 Å². The second-order valence-corrected chi connectivity index (χ2v) is 7.42. The first kappa shape index (κ1) is 24.0. The molecule has 0 radical (unpaired) electrons. The SMILES string of the molecule is N#C/C(N)=C(/C=N/C(F)F)C(=O)NC1CCC(Nc2cccc3nc(C(F)(F)F)cn23)CC1. The molecule has 0 saturated heterocycles. The van der Waals surface area contributed by atoms with Crippen LogP contribution in [0.15, 0.2) is 40.7 Å². The van der Waals surface area contributed by atoms with Gasteiger partial charge in [0, 0.05) is 24.5 Å². The normalized spacial score (nSPS) is 20.0. The molecule has 2 aromatic heterocycles. The van der Waals surface area contributed by atoms with E-state index in [4.69, 9.17) is 11.0 Å². The number of fused-ring (bicyclic) bond motifs is 1. The molecule has 3 rings (SSSR count). The van der Waals surface area contributed by atoms with Gasteiger partial charge in [-0.05, 0) is 37.8 Å². The van der Waals surface area contributed by atoms with Crippen LogP contribution in [0.1, 0.15) is 31.4 Å². The summed E-state index contributed by atoms with van der Waals surface area (Å²) in [5.41, 5.74) is 3.63. The number of carbonyl (C=O) groups is 1. The maximum Gasteiger partial charge on any atom is 0.434 e. The predicted octanol–water partition coefficient (Wildman–Crippen LogP) is 3.22. The van der Waals surface area contributed by atoms with E-state index in [0.29, 0.717) is 37.7 Å². The van der Waals surface area contributed by atoms with Crippen LogP contribution in [0.4, 0.5) is 27.8 Å². The van der Waals surface area contributed by atoms with E-state index in [2.05, 4.69) is 20.6 Å². The Morgan fingerprint density at radius 2 is 1.94 bits per heavy atom. The number of hydrogen-bond acceptors (Lipinski definition) is 6. The third-order valence-electron chi connectivity index (χ3n) is 5.17. The van der Waals surface area contributed by atoms with Gasteiger partial charge in [-0.25, -0.2) is 9.98 Å². The number of aliphatic imine (C=N–C) groups is 1. The fourth-order valence-corrected chi connectivity index (χ4v) is 3.56. The van der Waals surface area contributed by atoms with E-state index in [1.165, 1.54) is 16.5 Å². The lowest BCUT2D eigenvalue weighted by Crippen LogP contribution is -2.41. The first-order valence-corrected chi connectivity index (χ1v) is 9.92.